The normalized spacial score (nSPS) is 15.1. The minimum absolute atomic E-state index is 0.0293. The van der Waals surface area contributed by atoms with E-state index in [9.17, 15) is 19.2 Å². The monoisotopic (exact) mass is 599 g/mol. The second-order valence-corrected chi connectivity index (χ2v) is 9.66. The number of benzene rings is 3. The molecule has 35 heavy (non-hydrogen) atoms. The minimum atomic E-state index is -0.639. The first kappa shape index (κ1) is 24.8. The van der Waals surface area contributed by atoms with E-state index in [2.05, 4.69) is 31.9 Å². The second kappa shape index (κ2) is 11.0. The number of hydrogen-bond donors (Lipinski definition) is 0. The van der Waals surface area contributed by atoms with Gasteiger partial charge in [-0.05, 0) is 72.8 Å². The summed E-state index contributed by atoms with van der Waals surface area (Å²) >= 11 is 6.66. The van der Waals surface area contributed by atoms with Crippen LogP contribution in [-0.2, 0) is 14.3 Å². The lowest BCUT2D eigenvalue weighted by Gasteiger charge is -2.16. The van der Waals surface area contributed by atoms with Crippen LogP contribution in [-0.4, -0.2) is 36.8 Å². The Morgan fingerprint density at radius 2 is 1.40 bits per heavy atom. The van der Waals surface area contributed by atoms with E-state index in [0.717, 1.165) is 8.95 Å². The first-order valence-corrected chi connectivity index (χ1v) is 12.2. The molecule has 9 heteroatoms. The summed E-state index contributed by atoms with van der Waals surface area (Å²) in [6.45, 7) is -0.244. The van der Waals surface area contributed by atoms with Crippen LogP contribution in [0.4, 0.5) is 5.69 Å². The molecule has 7 nitrogen and oxygen atoms in total. The molecule has 1 heterocycles. The Labute approximate surface area is 218 Å². The van der Waals surface area contributed by atoms with Crippen molar-refractivity contribution in [1.82, 2.24) is 0 Å². The molecule has 0 saturated carbocycles. The van der Waals surface area contributed by atoms with Gasteiger partial charge in [0.1, 0.15) is 5.75 Å². The molecule has 1 atom stereocenters. The zero-order valence-electron chi connectivity index (χ0n) is 18.3. The van der Waals surface area contributed by atoms with Crippen LogP contribution >= 0.6 is 31.9 Å². The van der Waals surface area contributed by atoms with Crippen molar-refractivity contribution < 1.29 is 28.7 Å². The van der Waals surface area contributed by atoms with Crippen LogP contribution in [0, 0.1) is 5.92 Å². The van der Waals surface area contributed by atoms with E-state index in [1.807, 2.05) is 12.1 Å². The lowest BCUT2D eigenvalue weighted by atomic mass is 10.1. The predicted molar refractivity (Wildman–Crippen MR) is 135 cm³/mol. The number of carbonyl (C=O) groups excluding carboxylic acids is 4. The van der Waals surface area contributed by atoms with Crippen LogP contribution in [0.3, 0.4) is 0 Å². The van der Waals surface area contributed by atoms with Crippen molar-refractivity contribution in [3.05, 3.63) is 92.9 Å². The molecule has 3 aromatic rings. The van der Waals surface area contributed by atoms with Gasteiger partial charge in [-0.3, -0.25) is 14.4 Å². The van der Waals surface area contributed by atoms with Crippen LogP contribution in [0.25, 0.3) is 0 Å². The Kier molecular flexibility index (Phi) is 7.77. The fourth-order valence-corrected chi connectivity index (χ4v) is 4.06. The second-order valence-electron chi connectivity index (χ2n) is 7.83. The predicted octanol–water partition coefficient (Wildman–Crippen LogP) is 5.21. The van der Waals surface area contributed by atoms with Crippen LogP contribution in [0.5, 0.6) is 5.75 Å². The number of hydrogen-bond acceptors (Lipinski definition) is 6. The first-order valence-electron chi connectivity index (χ1n) is 10.6. The number of nitrogens with zero attached hydrogens (tertiary/aromatic N) is 1. The van der Waals surface area contributed by atoms with E-state index in [4.69, 9.17) is 9.47 Å². The van der Waals surface area contributed by atoms with Gasteiger partial charge in [-0.25, -0.2) is 4.79 Å². The molecule has 4 rings (SSSR count). The third-order valence-corrected chi connectivity index (χ3v) is 6.47. The van der Waals surface area contributed by atoms with Gasteiger partial charge in [0.05, 0.1) is 11.5 Å². The Morgan fingerprint density at radius 1 is 0.829 bits per heavy atom. The highest BCUT2D eigenvalue weighted by Gasteiger charge is 2.36. The number of halogens is 2. The standard InChI is InChI=1S/C26H19Br2NO6/c27-19-5-1-17(2-6-19)26(33)35-22-11-3-16(4-12-22)23(30)15-34-25(32)18-13-24(31)29(14-18)21-9-7-20(28)8-10-21/h1-12,18H,13-15H2/t18-/m0/s1. The molecule has 1 fully saturated rings. The van der Waals surface area contributed by atoms with Gasteiger partial charge >= 0.3 is 11.9 Å². The van der Waals surface area contributed by atoms with Crippen molar-refractivity contribution in [1.29, 1.82) is 0 Å². The van der Waals surface area contributed by atoms with Gasteiger partial charge in [-0.15, -0.1) is 0 Å². The molecule has 0 spiro atoms. The van der Waals surface area contributed by atoms with Crippen LogP contribution in [0.15, 0.2) is 81.7 Å². The third-order valence-electron chi connectivity index (χ3n) is 5.41. The van der Waals surface area contributed by atoms with Crippen molar-refractivity contribution in [2.45, 2.75) is 6.42 Å². The number of ketones is 1. The van der Waals surface area contributed by atoms with Gasteiger partial charge in [-0.2, -0.15) is 0 Å². The lowest BCUT2D eigenvalue weighted by molar-refractivity contribution is -0.147. The zero-order chi connectivity index (χ0) is 24.9. The van der Waals surface area contributed by atoms with Gasteiger partial charge < -0.3 is 14.4 Å². The SMILES string of the molecule is O=C(COC(=O)[C@H]1CC(=O)N(c2ccc(Br)cc2)C1)c1ccc(OC(=O)c2ccc(Br)cc2)cc1. The number of esters is 2. The summed E-state index contributed by atoms with van der Waals surface area (Å²) in [6.07, 6.45) is 0.0293. The summed E-state index contributed by atoms with van der Waals surface area (Å²) in [7, 11) is 0. The number of carbonyl (C=O) groups is 4. The summed E-state index contributed by atoms with van der Waals surface area (Å²) in [5.74, 6) is -2.05. The Hall–Kier alpha value is -3.30. The van der Waals surface area contributed by atoms with E-state index < -0.39 is 30.2 Å². The average Bonchev–Trinajstić information content (AvgIpc) is 3.25. The van der Waals surface area contributed by atoms with E-state index >= 15 is 0 Å². The molecule has 0 radical (unpaired) electrons. The number of amides is 1. The summed E-state index contributed by atoms with van der Waals surface area (Å²) in [4.78, 5) is 51.0. The molecule has 1 saturated heterocycles. The maximum absolute atomic E-state index is 12.5. The minimum Gasteiger partial charge on any atom is -0.457 e. The van der Waals surface area contributed by atoms with Gasteiger partial charge in [0.25, 0.3) is 0 Å². The van der Waals surface area contributed by atoms with Gasteiger partial charge in [-0.1, -0.05) is 31.9 Å². The van der Waals surface area contributed by atoms with Crippen molar-refractivity contribution in [2.24, 2.45) is 5.92 Å². The molecule has 0 aromatic heterocycles. The number of Topliss-reactive ketones (excluding diaryl/α,β-unsaturated/α-hetero) is 1. The highest BCUT2D eigenvalue weighted by atomic mass is 79.9. The van der Waals surface area contributed by atoms with Crippen LogP contribution in [0.1, 0.15) is 27.1 Å². The lowest BCUT2D eigenvalue weighted by Crippen LogP contribution is -2.27. The topological polar surface area (TPSA) is 90.0 Å². The highest BCUT2D eigenvalue weighted by Crippen LogP contribution is 2.27. The van der Waals surface area contributed by atoms with Crippen LogP contribution < -0.4 is 9.64 Å². The molecule has 0 unspecified atom stereocenters. The molecule has 0 aliphatic carbocycles. The molecular formula is C26H19Br2NO6. The summed E-state index contributed by atoms with van der Waals surface area (Å²) < 4.78 is 12.2. The summed E-state index contributed by atoms with van der Waals surface area (Å²) in [5, 5.41) is 0. The molecule has 1 aliphatic heterocycles. The average molecular weight is 601 g/mol. The highest BCUT2D eigenvalue weighted by molar-refractivity contribution is 9.10. The van der Waals surface area contributed by atoms with E-state index in [1.165, 1.54) is 29.2 Å². The third kappa shape index (κ3) is 6.23. The van der Waals surface area contributed by atoms with Crippen molar-refractivity contribution in [3.63, 3.8) is 0 Å². The van der Waals surface area contributed by atoms with E-state index in [1.54, 1.807) is 36.4 Å². The van der Waals surface area contributed by atoms with Crippen LogP contribution in [0.2, 0.25) is 0 Å². The molecular weight excluding hydrogens is 582 g/mol. The number of ether oxygens (including phenoxy) is 2. The van der Waals surface area contributed by atoms with Gasteiger partial charge in [0.15, 0.2) is 12.4 Å². The fraction of sp³-hybridized carbons (Fsp3) is 0.154. The Morgan fingerprint density at radius 3 is 2.03 bits per heavy atom. The smallest absolute Gasteiger partial charge is 0.343 e. The van der Waals surface area contributed by atoms with Gasteiger partial charge in [0.2, 0.25) is 5.91 Å². The van der Waals surface area contributed by atoms with E-state index in [-0.39, 0.29) is 24.6 Å². The molecule has 1 aliphatic rings. The Bertz CT molecular complexity index is 1260. The maximum atomic E-state index is 12.5. The molecule has 0 N–H and O–H groups in total. The molecule has 178 valence electrons. The maximum Gasteiger partial charge on any atom is 0.343 e. The number of rotatable bonds is 7. The molecule has 1 amide bonds. The summed E-state index contributed by atoms with van der Waals surface area (Å²) in [5.41, 5.74) is 1.40. The largest absolute Gasteiger partial charge is 0.457 e. The van der Waals surface area contributed by atoms with Crippen molar-refractivity contribution in [3.8, 4) is 5.75 Å². The van der Waals surface area contributed by atoms with Crippen molar-refractivity contribution >= 4 is 61.2 Å². The zero-order valence-corrected chi connectivity index (χ0v) is 21.5. The first-order chi connectivity index (χ1) is 16.8. The molecule has 0 bridgehead atoms. The quantitative estimate of drug-likeness (QED) is 0.210. The van der Waals surface area contributed by atoms with Crippen molar-refractivity contribution in [2.75, 3.05) is 18.1 Å². The molecule has 3 aromatic carbocycles. The van der Waals surface area contributed by atoms with Gasteiger partial charge in [0, 0.05) is 33.2 Å². The fourth-order valence-electron chi connectivity index (χ4n) is 3.53. The van der Waals surface area contributed by atoms with E-state index in [0.29, 0.717) is 16.8 Å². The summed E-state index contributed by atoms with van der Waals surface area (Å²) in [6, 6.07) is 19.9. The Balaban J connectivity index is 1.28. The number of anilines is 1.